The maximum absolute atomic E-state index is 11.8. The lowest BCUT2D eigenvalue weighted by molar-refractivity contribution is -0.116. The fourth-order valence-corrected chi connectivity index (χ4v) is 2.87. The van der Waals surface area contributed by atoms with Crippen LogP contribution in [-0.4, -0.2) is 25.7 Å². The molecule has 2 aromatic heterocycles. The Labute approximate surface area is 143 Å². The van der Waals surface area contributed by atoms with Gasteiger partial charge in [-0.1, -0.05) is 42.4 Å². The Hall–Kier alpha value is -2.48. The first-order valence-electron chi connectivity index (χ1n) is 7.86. The zero-order chi connectivity index (χ0) is 16.9. The predicted molar refractivity (Wildman–Crippen MR) is 92.3 cm³/mol. The molecule has 0 unspecified atom stereocenters. The number of hydrogen-bond donors (Lipinski definition) is 1. The summed E-state index contributed by atoms with van der Waals surface area (Å²) in [6.07, 6.45) is 2.35. The van der Waals surface area contributed by atoms with Gasteiger partial charge in [-0.15, -0.1) is 15.3 Å². The number of nitrogens with one attached hydrogen (secondary N) is 1. The van der Waals surface area contributed by atoms with E-state index < -0.39 is 0 Å². The van der Waals surface area contributed by atoms with Crippen molar-refractivity contribution in [2.75, 3.05) is 5.32 Å². The standard InChI is InChI=1S/C16H19N5O2S/c1-3-4-5-14(22)17-15-20-21-13(18-19-16(21)24-15)10-23-12-8-6-11(2)7-9-12/h6-9H,3-5,10H2,1-2H3,(H,17,20,22). The molecule has 3 rings (SSSR count). The van der Waals surface area contributed by atoms with Crippen LogP contribution in [0.25, 0.3) is 4.96 Å². The Kier molecular flexibility index (Phi) is 5.05. The monoisotopic (exact) mass is 345 g/mol. The molecule has 1 amide bonds. The number of ether oxygens (including phenoxy) is 1. The topological polar surface area (TPSA) is 81.4 Å². The second-order valence-corrected chi connectivity index (χ2v) is 6.43. The number of nitrogens with zero attached hydrogens (tertiary/aromatic N) is 4. The highest BCUT2D eigenvalue weighted by molar-refractivity contribution is 7.20. The average Bonchev–Trinajstić information content (AvgIpc) is 3.13. The lowest BCUT2D eigenvalue weighted by Gasteiger charge is -2.04. The minimum Gasteiger partial charge on any atom is -0.486 e. The van der Waals surface area contributed by atoms with Crippen LogP contribution >= 0.6 is 11.3 Å². The summed E-state index contributed by atoms with van der Waals surface area (Å²) in [5, 5.41) is 15.8. The van der Waals surface area contributed by atoms with Crippen molar-refractivity contribution in [2.45, 2.75) is 39.7 Å². The highest BCUT2D eigenvalue weighted by Crippen LogP contribution is 2.20. The van der Waals surface area contributed by atoms with Crippen molar-refractivity contribution < 1.29 is 9.53 Å². The Morgan fingerprint density at radius 2 is 2.08 bits per heavy atom. The number of carbonyl (C=O) groups is 1. The van der Waals surface area contributed by atoms with E-state index in [9.17, 15) is 4.79 Å². The number of carbonyl (C=O) groups excluding carboxylic acids is 1. The second kappa shape index (κ2) is 7.39. The van der Waals surface area contributed by atoms with Gasteiger partial charge in [0.05, 0.1) is 0 Å². The normalized spacial score (nSPS) is 10.9. The van der Waals surface area contributed by atoms with Crippen molar-refractivity contribution in [2.24, 2.45) is 0 Å². The van der Waals surface area contributed by atoms with E-state index in [0.29, 0.717) is 22.3 Å². The van der Waals surface area contributed by atoms with Gasteiger partial charge in [-0.25, -0.2) is 0 Å². The molecule has 1 N–H and O–H groups in total. The summed E-state index contributed by atoms with van der Waals surface area (Å²) in [7, 11) is 0. The molecule has 0 saturated heterocycles. The Morgan fingerprint density at radius 1 is 1.29 bits per heavy atom. The Morgan fingerprint density at radius 3 is 2.83 bits per heavy atom. The summed E-state index contributed by atoms with van der Waals surface area (Å²) < 4.78 is 7.32. The molecular weight excluding hydrogens is 326 g/mol. The number of aryl methyl sites for hydroxylation is 1. The quantitative estimate of drug-likeness (QED) is 0.711. The molecule has 0 atom stereocenters. The fraction of sp³-hybridized carbons (Fsp3) is 0.375. The molecule has 1 aromatic carbocycles. The minimum absolute atomic E-state index is 0.0285. The first-order chi connectivity index (χ1) is 11.7. The summed E-state index contributed by atoms with van der Waals surface area (Å²) in [5.41, 5.74) is 1.18. The number of unbranched alkanes of at least 4 members (excludes halogenated alkanes) is 1. The molecule has 0 aliphatic carbocycles. The number of fused-ring (bicyclic) bond motifs is 1. The molecule has 3 aromatic rings. The van der Waals surface area contributed by atoms with E-state index in [-0.39, 0.29) is 12.5 Å². The zero-order valence-electron chi connectivity index (χ0n) is 13.7. The molecule has 0 spiro atoms. The molecule has 0 radical (unpaired) electrons. The summed E-state index contributed by atoms with van der Waals surface area (Å²) in [5.74, 6) is 1.33. The molecular formula is C16H19N5O2S. The van der Waals surface area contributed by atoms with Crippen LogP contribution in [0.3, 0.4) is 0 Å². The molecule has 0 aliphatic heterocycles. The van der Waals surface area contributed by atoms with Crippen LogP contribution in [0.5, 0.6) is 5.75 Å². The molecule has 2 heterocycles. The van der Waals surface area contributed by atoms with Crippen molar-refractivity contribution in [3.05, 3.63) is 35.7 Å². The smallest absolute Gasteiger partial charge is 0.236 e. The molecule has 126 valence electrons. The maximum atomic E-state index is 11.8. The molecule has 0 aliphatic rings. The van der Waals surface area contributed by atoms with Crippen LogP contribution in [0.15, 0.2) is 24.3 Å². The van der Waals surface area contributed by atoms with Gasteiger partial charge in [-0.2, -0.15) is 4.52 Å². The van der Waals surface area contributed by atoms with E-state index in [4.69, 9.17) is 4.74 Å². The minimum atomic E-state index is -0.0285. The summed E-state index contributed by atoms with van der Waals surface area (Å²) in [6.45, 7) is 4.34. The van der Waals surface area contributed by atoms with Gasteiger partial charge in [0.15, 0.2) is 5.82 Å². The Balaban J connectivity index is 1.66. The van der Waals surface area contributed by atoms with Crippen LogP contribution in [0.1, 0.15) is 37.6 Å². The lowest BCUT2D eigenvalue weighted by atomic mass is 10.2. The van der Waals surface area contributed by atoms with Crippen LogP contribution in [0.2, 0.25) is 0 Å². The third kappa shape index (κ3) is 3.88. The summed E-state index contributed by atoms with van der Waals surface area (Å²) >= 11 is 1.29. The first-order valence-corrected chi connectivity index (χ1v) is 8.68. The van der Waals surface area contributed by atoms with Crippen molar-refractivity contribution in [1.29, 1.82) is 0 Å². The van der Waals surface area contributed by atoms with Gasteiger partial charge in [0, 0.05) is 6.42 Å². The Bertz CT molecular complexity index is 825. The van der Waals surface area contributed by atoms with Crippen molar-refractivity contribution in [1.82, 2.24) is 19.8 Å². The molecule has 0 saturated carbocycles. The van der Waals surface area contributed by atoms with Gasteiger partial charge < -0.3 is 10.1 Å². The number of hydrogen-bond acceptors (Lipinski definition) is 6. The lowest BCUT2D eigenvalue weighted by Crippen LogP contribution is -2.11. The summed E-state index contributed by atoms with van der Waals surface area (Å²) in [4.78, 5) is 12.4. The fourth-order valence-electron chi connectivity index (χ4n) is 2.10. The predicted octanol–water partition coefficient (Wildman–Crippen LogP) is 3.20. The third-order valence-electron chi connectivity index (χ3n) is 3.45. The van der Waals surface area contributed by atoms with Crippen LogP contribution in [0, 0.1) is 6.92 Å². The van der Waals surface area contributed by atoms with Gasteiger partial charge in [-0.05, 0) is 25.5 Å². The van der Waals surface area contributed by atoms with Gasteiger partial charge >= 0.3 is 0 Å². The molecule has 24 heavy (non-hydrogen) atoms. The van der Waals surface area contributed by atoms with Crippen molar-refractivity contribution in [3.8, 4) is 5.75 Å². The van der Waals surface area contributed by atoms with Crippen LogP contribution in [0.4, 0.5) is 5.13 Å². The van der Waals surface area contributed by atoms with E-state index in [1.54, 1.807) is 4.52 Å². The highest BCUT2D eigenvalue weighted by atomic mass is 32.1. The molecule has 7 nitrogen and oxygen atoms in total. The highest BCUT2D eigenvalue weighted by Gasteiger charge is 2.13. The SMILES string of the molecule is CCCCC(=O)Nc1nn2c(COc3ccc(C)cc3)nnc2s1. The van der Waals surface area contributed by atoms with E-state index in [0.717, 1.165) is 18.6 Å². The second-order valence-electron chi connectivity index (χ2n) is 5.47. The number of benzene rings is 1. The van der Waals surface area contributed by atoms with E-state index in [2.05, 4.69) is 27.5 Å². The molecule has 0 fully saturated rings. The zero-order valence-corrected chi connectivity index (χ0v) is 14.5. The average molecular weight is 345 g/mol. The number of amides is 1. The third-order valence-corrected chi connectivity index (χ3v) is 4.26. The van der Waals surface area contributed by atoms with Gasteiger partial charge in [0.2, 0.25) is 16.0 Å². The number of aromatic nitrogens is 4. The number of anilines is 1. The maximum Gasteiger partial charge on any atom is 0.236 e. The molecule has 8 heteroatoms. The van der Waals surface area contributed by atoms with Gasteiger partial charge in [0.1, 0.15) is 12.4 Å². The van der Waals surface area contributed by atoms with E-state index in [1.807, 2.05) is 31.2 Å². The summed E-state index contributed by atoms with van der Waals surface area (Å²) in [6, 6.07) is 7.80. The van der Waals surface area contributed by atoms with Crippen LogP contribution in [-0.2, 0) is 11.4 Å². The van der Waals surface area contributed by atoms with Crippen LogP contribution < -0.4 is 10.1 Å². The largest absolute Gasteiger partial charge is 0.486 e. The van der Waals surface area contributed by atoms with Crippen molar-refractivity contribution in [3.63, 3.8) is 0 Å². The number of rotatable bonds is 7. The molecule has 0 bridgehead atoms. The van der Waals surface area contributed by atoms with E-state index >= 15 is 0 Å². The first kappa shape index (κ1) is 16.4. The van der Waals surface area contributed by atoms with Crippen molar-refractivity contribution >= 4 is 27.3 Å². The van der Waals surface area contributed by atoms with E-state index in [1.165, 1.54) is 16.9 Å². The van der Waals surface area contributed by atoms with Gasteiger partial charge in [-0.3, -0.25) is 4.79 Å². The van der Waals surface area contributed by atoms with Gasteiger partial charge in [0.25, 0.3) is 0 Å².